The van der Waals surface area contributed by atoms with Crippen molar-refractivity contribution in [3.05, 3.63) is 30.1 Å². The molecule has 2 rings (SSSR count). The van der Waals surface area contributed by atoms with E-state index in [1.165, 1.54) is 0 Å². The molecule has 1 fully saturated rings. The summed E-state index contributed by atoms with van der Waals surface area (Å²) in [6.07, 6.45) is 3.70. The quantitative estimate of drug-likeness (QED) is 0.760. The van der Waals surface area contributed by atoms with E-state index in [1.807, 2.05) is 24.4 Å². The number of aromatic nitrogens is 1. The van der Waals surface area contributed by atoms with Crippen molar-refractivity contribution in [3.63, 3.8) is 0 Å². The molecule has 1 unspecified atom stereocenters. The summed E-state index contributed by atoms with van der Waals surface area (Å²) < 4.78 is 0. The number of aliphatic hydroxyl groups excluding tert-OH is 1. The fourth-order valence-electron chi connectivity index (χ4n) is 1.90. The van der Waals surface area contributed by atoms with E-state index < -0.39 is 0 Å². The van der Waals surface area contributed by atoms with E-state index in [2.05, 4.69) is 9.88 Å². The topological polar surface area (TPSA) is 36.4 Å². The minimum atomic E-state index is -0.146. The molecule has 1 aromatic heterocycles. The third kappa shape index (κ3) is 2.53. The van der Waals surface area contributed by atoms with Crippen molar-refractivity contribution in [1.29, 1.82) is 0 Å². The van der Waals surface area contributed by atoms with Crippen LogP contribution in [0, 0.1) is 0 Å². The van der Waals surface area contributed by atoms with Crippen LogP contribution in [0.3, 0.4) is 0 Å². The van der Waals surface area contributed by atoms with Gasteiger partial charge < -0.3 is 5.11 Å². The lowest BCUT2D eigenvalue weighted by molar-refractivity contribution is 0.0662. The van der Waals surface area contributed by atoms with E-state index in [9.17, 15) is 5.11 Å². The monoisotopic (exact) mass is 192 g/mol. The summed E-state index contributed by atoms with van der Waals surface area (Å²) in [5.74, 6) is 0. The number of rotatable bonds is 2. The highest BCUT2D eigenvalue weighted by molar-refractivity contribution is 5.03. The van der Waals surface area contributed by atoms with Gasteiger partial charge in [-0.15, -0.1) is 0 Å². The summed E-state index contributed by atoms with van der Waals surface area (Å²) in [6.45, 7) is 2.72. The molecule has 0 spiro atoms. The van der Waals surface area contributed by atoms with E-state index in [-0.39, 0.29) is 6.10 Å². The molecule has 0 aliphatic carbocycles. The fourth-order valence-corrected chi connectivity index (χ4v) is 1.90. The molecule has 3 nitrogen and oxygen atoms in total. The third-order valence-corrected chi connectivity index (χ3v) is 2.59. The lowest BCUT2D eigenvalue weighted by Crippen LogP contribution is -2.37. The van der Waals surface area contributed by atoms with Crippen LogP contribution in [0.1, 0.15) is 18.5 Å². The van der Waals surface area contributed by atoms with Crippen LogP contribution in [0.2, 0.25) is 0 Å². The summed E-state index contributed by atoms with van der Waals surface area (Å²) in [7, 11) is 0. The average Bonchev–Trinajstić information content (AvgIpc) is 2.19. The van der Waals surface area contributed by atoms with Crippen molar-refractivity contribution in [3.8, 4) is 0 Å². The molecule has 1 aromatic rings. The van der Waals surface area contributed by atoms with Crippen molar-refractivity contribution in [2.45, 2.75) is 25.5 Å². The number of aliphatic hydroxyl groups is 1. The minimum absolute atomic E-state index is 0.146. The van der Waals surface area contributed by atoms with Crippen LogP contribution in [0.5, 0.6) is 0 Å². The standard InChI is InChI=1S/C11H16N2O/c14-11-5-3-7-13(9-11)8-10-4-1-2-6-12-10/h1-2,4,6,11,14H,3,5,7-9H2. The summed E-state index contributed by atoms with van der Waals surface area (Å²) in [6, 6.07) is 5.96. The fraction of sp³-hybridized carbons (Fsp3) is 0.545. The lowest BCUT2D eigenvalue weighted by atomic mass is 10.1. The normalized spacial score (nSPS) is 23.6. The van der Waals surface area contributed by atoms with Crippen molar-refractivity contribution in [2.75, 3.05) is 13.1 Å². The molecule has 14 heavy (non-hydrogen) atoms. The maximum absolute atomic E-state index is 9.50. The van der Waals surface area contributed by atoms with Crippen LogP contribution >= 0.6 is 0 Å². The van der Waals surface area contributed by atoms with Crippen LogP contribution in [-0.2, 0) is 6.54 Å². The van der Waals surface area contributed by atoms with Crippen molar-refractivity contribution < 1.29 is 5.11 Å². The number of piperidine rings is 1. The van der Waals surface area contributed by atoms with Gasteiger partial charge in [0.05, 0.1) is 11.8 Å². The molecule has 1 aliphatic heterocycles. The Bertz CT molecular complexity index is 276. The van der Waals surface area contributed by atoms with E-state index >= 15 is 0 Å². The van der Waals surface area contributed by atoms with Crippen molar-refractivity contribution in [1.82, 2.24) is 9.88 Å². The Kier molecular flexibility index (Phi) is 3.11. The van der Waals surface area contributed by atoms with Crippen LogP contribution in [0.25, 0.3) is 0 Å². The zero-order chi connectivity index (χ0) is 9.80. The smallest absolute Gasteiger partial charge is 0.0667 e. The second-order valence-corrected chi connectivity index (χ2v) is 3.85. The van der Waals surface area contributed by atoms with Gasteiger partial charge in [-0.25, -0.2) is 0 Å². The molecule has 0 aromatic carbocycles. The van der Waals surface area contributed by atoms with E-state index in [0.29, 0.717) is 0 Å². The highest BCUT2D eigenvalue weighted by Crippen LogP contribution is 2.12. The number of β-amino-alcohol motifs (C(OH)–C–C–N with tert-alkyl or cyclic N) is 1. The van der Waals surface area contributed by atoms with Gasteiger partial charge in [-0.3, -0.25) is 9.88 Å². The molecular formula is C11H16N2O. The predicted molar refractivity (Wildman–Crippen MR) is 54.8 cm³/mol. The Morgan fingerprint density at radius 3 is 3.14 bits per heavy atom. The van der Waals surface area contributed by atoms with Crippen LogP contribution in [0.4, 0.5) is 0 Å². The number of hydrogen-bond acceptors (Lipinski definition) is 3. The van der Waals surface area contributed by atoms with Crippen molar-refractivity contribution in [2.24, 2.45) is 0 Å². The minimum Gasteiger partial charge on any atom is -0.392 e. The van der Waals surface area contributed by atoms with Crippen LogP contribution < -0.4 is 0 Å². The largest absolute Gasteiger partial charge is 0.392 e. The summed E-state index contributed by atoms with van der Waals surface area (Å²) in [5.41, 5.74) is 1.08. The molecule has 1 atom stereocenters. The Morgan fingerprint density at radius 2 is 2.43 bits per heavy atom. The first-order valence-electron chi connectivity index (χ1n) is 5.15. The SMILES string of the molecule is OC1CCCN(Cc2ccccn2)C1. The van der Waals surface area contributed by atoms with Gasteiger partial charge >= 0.3 is 0 Å². The van der Waals surface area contributed by atoms with Gasteiger partial charge in [0.2, 0.25) is 0 Å². The van der Waals surface area contributed by atoms with Gasteiger partial charge in [-0.1, -0.05) is 6.07 Å². The van der Waals surface area contributed by atoms with Gasteiger partial charge in [0.15, 0.2) is 0 Å². The molecule has 0 bridgehead atoms. The van der Waals surface area contributed by atoms with Crippen LogP contribution in [-0.4, -0.2) is 34.2 Å². The lowest BCUT2D eigenvalue weighted by Gasteiger charge is -2.29. The average molecular weight is 192 g/mol. The van der Waals surface area contributed by atoms with E-state index in [1.54, 1.807) is 0 Å². The molecule has 1 N–H and O–H groups in total. The zero-order valence-electron chi connectivity index (χ0n) is 8.26. The molecule has 0 radical (unpaired) electrons. The van der Waals surface area contributed by atoms with Crippen LogP contribution in [0.15, 0.2) is 24.4 Å². The highest BCUT2D eigenvalue weighted by Gasteiger charge is 2.17. The Balaban J connectivity index is 1.91. The number of hydrogen-bond donors (Lipinski definition) is 1. The molecule has 0 saturated carbocycles. The zero-order valence-corrected chi connectivity index (χ0v) is 8.26. The first-order valence-corrected chi connectivity index (χ1v) is 5.15. The van der Waals surface area contributed by atoms with E-state index in [4.69, 9.17) is 0 Å². The second kappa shape index (κ2) is 4.53. The molecule has 2 heterocycles. The van der Waals surface area contributed by atoms with E-state index in [0.717, 1.165) is 38.2 Å². The molecule has 1 saturated heterocycles. The van der Waals surface area contributed by atoms with Gasteiger partial charge in [-0.2, -0.15) is 0 Å². The maximum atomic E-state index is 9.50. The van der Waals surface area contributed by atoms with Gasteiger partial charge in [0, 0.05) is 19.3 Å². The first kappa shape index (κ1) is 9.62. The van der Waals surface area contributed by atoms with Gasteiger partial charge in [0.25, 0.3) is 0 Å². The Hall–Kier alpha value is -0.930. The molecular weight excluding hydrogens is 176 g/mol. The first-order chi connectivity index (χ1) is 6.84. The third-order valence-electron chi connectivity index (χ3n) is 2.59. The highest BCUT2D eigenvalue weighted by atomic mass is 16.3. The Morgan fingerprint density at radius 1 is 1.50 bits per heavy atom. The summed E-state index contributed by atoms with van der Waals surface area (Å²) >= 11 is 0. The number of likely N-dealkylation sites (tertiary alicyclic amines) is 1. The molecule has 76 valence electrons. The number of nitrogens with zero attached hydrogens (tertiary/aromatic N) is 2. The Labute approximate surface area is 84.4 Å². The molecule has 0 amide bonds. The number of pyridine rings is 1. The predicted octanol–water partition coefficient (Wildman–Crippen LogP) is 1.04. The second-order valence-electron chi connectivity index (χ2n) is 3.85. The molecule has 3 heteroatoms. The summed E-state index contributed by atoms with van der Waals surface area (Å²) in [4.78, 5) is 6.53. The van der Waals surface area contributed by atoms with Crippen molar-refractivity contribution >= 4 is 0 Å². The maximum Gasteiger partial charge on any atom is 0.0667 e. The summed E-state index contributed by atoms with van der Waals surface area (Å²) in [5, 5.41) is 9.50. The molecule has 1 aliphatic rings. The van der Waals surface area contributed by atoms with Gasteiger partial charge in [-0.05, 0) is 31.5 Å². The van der Waals surface area contributed by atoms with Gasteiger partial charge in [0.1, 0.15) is 0 Å².